The van der Waals surface area contributed by atoms with Gasteiger partial charge in [-0.05, 0) is 43.2 Å². The van der Waals surface area contributed by atoms with Gasteiger partial charge in [-0.1, -0.05) is 12.1 Å². The van der Waals surface area contributed by atoms with Crippen molar-refractivity contribution in [2.75, 3.05) is 10.6 Å². The summed E-state index contributed by atoms with van der Waals surface area (Å²) in [4.78, 5) is 39.2. The van der Waals surface area contributed by atoms with Crippen LogP contribution >= 0.6 is 0 Å². The molecule has 1 fully saturated rings. The molecule has 29 heavy (non-hydrogen) atoms. The number of carbonyl (C=O) groups excluding carboxylic acids is 2. The number of nitriles is 1. The molecule has 0 saturated heterocycles. The highest BCUT2D eigenvalue weighted by atomic mass is 16.4. The normalized spacial score (nSPS) is 12.9. The lowest BCUT2D eigenvalue weighted by atomic mass is 10.1. The average Bonchev–Trinajstić information content (AvgIpc) is 3.46. The maximum Gasteiger partial charge on any atom is 0.337 e. The van der Waals surface area contributed by atoms with Gasteiger partial charge in [0.05, 0.1) is 34.1 Å². The molecule has 4 N–H and O–H groups in total. The van der Waals surface area contributed by atoms with E-state index < -0.39 is 11.9 Å². The molecular weight excluding hydrogens is 372 g/mol. The molecule has 0 unspecified atom stereocenters. The topological polar surface area (TPSA) is 135 Å². The highest BCUT2D eigenvalue weighted by Gasteiger charge is 2.30. The van der Waals surface area contributed by atoms with Crippen molar-refractivity contribution in [3.63, 3.8) is 0 Å². The van der Waals surface area contributed by atoms with Crippen molar-refractivity contribution in [3.05, 3.63) is 59.3 Å². The number of rotatable bonds is 5. The van der Waals surface area contributed by atoms with E-state index in [9.17, 15) is 19.5 Å². The first-order chi connectivity index (χ1) is 14.0. The van der Waals surface area contributed by atoms with Crippen LogP contribution in [0.1, 0.15) is 39.3 Å². The van der Waals surface area contributed by atoms with Crippen molar-refractivity contribution < 1.29 is 19.5 Å². The first-order valence-corrected chi connectivity index (χ1v) is 8.97. The number of carboxylic acids is 1. The van der Waals surface area contributed by atoms with E-state index in [4.69, 9.17) is 5.26 Å². The molecule has 2 aromatic carbocycles. The molecule has 4 rings (SSSR count). The standard InChI is InChI=1S/C21H16N4O4/c22-10-11-4-7-15(14(8-11)21(28)29)24-20(27)17-9-13-2-1-3-16(18(13)23-17)25-19(26)12-5-6-12/h1-4,7-9,12,23H,5-6H2,(H,24,27)(H,25,26)(H,28,29). The maximum absolute atomic E-state index is 12.7. The second-order valence-electron chi connectivity index (χ2n) is 6.85. The highest BCUT2D eigenvalue weighted by Crippen LogP contribution is 2.32. The van der Waals surface area contributed by atoms with Gasteiger partial charge in [0.2, 0.25) is 5.91 Å². The number of benzene rings is 2. The molecule has 0 atom stereocenters. The summed E-state index contributed by atoms with van der Waals surface area (Å²) in [5.74, 6) is -1.78. The zero-order valence-corrected chi connectivity index (χ0v) is 15.2. The Labute approximate surface area is 165 Å². The van der Waals surface area contributed by atoms with E-state index in [1.807, 2.05) is 6.07 Å². The Kier molecular flexibility index (Phi) is 4.49. The van der Waals surface area contributed by atoms with Crippen molar-refractivity contribution in [2.45, 2.75) is 12.8 Å². The number of anilines is 2. The van der Waals surface area contributed by atoms with E-state index in [0.29, 0.717) is 11.2 Å². The van der Waals surface area contributed by atoms with Gasteiger partial charge in [0.15, 0.2) is 0 Å². The van der Waals surface area contributed by atoms with Crippen molar-refractivity contribution in [1.29, 1.82) is 5.26 Å². The van der Waals surface area contributed by atoms with Crippen LogP contribution in [0.15, 0.2) is 42.5 Å². The third-order valence-electron chi connectivity index (χ3n) is 4.73. The zero-order chi connectivity index (χ0) is 20.5. The number of aromatic amines is 1. The Bertz CT molecular complexity index is 1200. The number of amides is 2. The van der Waals surface area contributed by atoms with Crippen molar-refractivity contribution in [1.82, 2.24) is 4.98 Å². The van der Waals surface area contributed by atoms with Crippen molar-refractivity contribution in [3.8, 4) is 6.07 Å². The van der Waals surface area contributed by atoms with Gasteiger partial charge in [0, 0.05) is 11.3 Å². The Balaban J connectivity index is 1.62. The fourth-order valence-electron chi connectivity index (χ4n) is 3.05. The fourth-order valence-corrected chi connectivity index (χ4v) is 3.05. The lowest BCUT2D eigenvalue weighted by Crippen LogP contribution is -2.15. The number of nitrogens with zero attached hydrogens (tertiary/aromatic N) is 1. The predicted octanol–water partition coefficient (Wildman–Crippen LogP) is 3.34. The summed E-state index contributed by atoms with van der Waals surface area (Å²) >= 11 is 0. The first-order valence-electron chi connectivity index (χ1n) is 8.97. The molecule has 1 aliphatic carbocycles. The minimum atomic E-state index is -1.25. The molecule has 1 aromatic heterocycles. The van der Waals surface area contributed by atoms with E-state index in [0.717, 1.165) is 18.2 Å². The number of H-pyrrole nitrogens is 1. The monoisotopic (exact) mass is 388 g/mol. The lowest BCUT2D eigenvalue weighted by Gasteiger charge is -2.08. The van der Waals surface area contributed by atoms with Crippen LogP contribution in [0.5, 0.6) is 0 Å². The molecular formula is C21H16N4O4. The number of fused-ring (bicyclic) bond motifs is 1. The van der Waals surface area contributed by atoms with Crippen molar-refractivity contribution >= 4 is 40.1 Å². The van der Waals surface area contributed by atoms with E-state index >= 15 is 0 Å². The number of hydrogen-bond donors (Lipinski definition) is 4. The molecule has 0 bridgehead atoms. The molecule has 1 heterocycles. The molecule has 144 valence electrons. The van der Waals surface area contributed by atoms with Gasteiger partial charge in [-0.3, -0.25) is 9.59 Å². The fraction of sp³-hybridized carbons (Fsp3) is 0.143. The molecule has 1 saturated carbocycles. The number of aromatic carboxylic acids is 1. The lowest BCUT2D eigenvalue weighted by molar-refractivity contribution is -0.117. The Hall–Kier alpha value is -4.12. The van der Waals surface area contributed by atoms with Gasteiger partial charge in [0.25, 0.3) is 5.91 Å². The van der Waals surface area contributed by atoms with Crippen LogP contribution in [0, 0.1) is 17.2 Å². The summed E-state index contributed by atoms with van der Waals surface area (Å²) in [5, 5.41) is 24.5. The molecule has 0 spiro atoms. The zero-order valence-electron chi connectivity index (χ0n) is 15.2. The van der Waals surface area contributed by atoms with E-state index in [1.54, 1.807) is 24.3 Å². The summed E-state index contributed by atoms with van der Waals surface area (Å²) in [6.45, 7) is 0. The van der Waals surface area contributed by atoms with Gasteiger partial charge >= 0.3 is 5.97 Å². The van der Waals surface area contributed by atoms with Crippen LogP contribution in [0.2, 0.25) is 0 Å². The average molecular weight is 388 g/mol. The second-order valence-corrected chi connectivity index (χ2v) is 6.85. The summed E-state index contributed by atoms with van der Waals surface area (Å²) in [7, 11) is 0. The van der Waals surface area contributed by atoms with Gasteiger partial charge in [-0.15, -0.1) is 0 Å². The number of para-hydroxylation sites is 1. The largest absolute Gasteiger partial charge is 0.478 e. The second kappa shape index (κ2) is 7.13. The molecule has 0 aliphatic heterocycles. The van der Waals surface area contributed by atoms with E-state index in [1.165, 1.54) is 18.2 Å². The summed E-state index contributed by atoms with van der Waals surface area (Å²) in [6, 6.07) is 12.8. The summed E-state index contributed by atoms with van der Waals surface area (Å²) in [6.07, 6.45) is 1.77. The van der Waals surface area contributed by atoms with Crippen LogP contribution in [-0.4, -0.2) is 27.9 Å². The van der Waals surface area contributed by atoms with Crippen LogP contribution in [0.4, 0.5) is 11.4 Å². The molecule has 2 amide bonds. The third kappa shape index (κ3) is 3.66. The van der Waals surface area contributed by atoms with E-state index in [-0.39, 0.29) is 34.3 Å². The summed E-state index contributed by atoms with van der Waals surface area (Å²) < 4.78 is 0. The Morgan fingerprint density at radius 2 is 1.86 bits per heavy atom. The van der Waals surface area contributed by atoms with Crippen LogP contribution < -0.4 is 10.6 Å². The SMILES string of the molecule is N#Cc1ccc(NC(=O)c2cc3cccc(NC(=O)C4CC4)c3[nH]2)c(C(=O)O)c1. The molecule has 3 aromatic rings. The van der Waals surface area contributed by atoms with Crippen LogP contribution in [-0.2, 0) is 4.79 Å². The number of nitrogens with one attached hydrogen (secondary N) is 3. The Morgan fingerprint density at radius 1 is 1.07 bits per heavy atom. The first kappa shape index (κ1) is 18.3. The number of aromatic nitrogens is 1. The van der Waals surface area contributed by atoms with Gasteiger partial charge in [-0.2, -0.15) is 5.26 Å². The smallest absolute Gasteiger partial charge is 0.337 e. The van der Waals surface area contributed by atoms with Gasteiger partial charge in [-0.25, -0.2) is 4.79 Å². The minimum Gasteiger partial charge on any atom is -0.478 e. The molecule has 8 heteroatoms. The van der Waals surface area contributed by atoms with E-state index in [2.05, 4.69) is 15.6 Å². The quantitative estimate of drug-likeness (QED) is 0.532. The van der Waals surface area contributed by atoms with Crippen LogP contribution in [0.25, 0.3) is 10.9 Å². The maximum atomic E-state index is 12.7. The van der Waals surface area contributed by atoms with Gasteiger partial charge in [0.1, 0.15) is 5.69 Å². The molecule has 8 nitrogen and oxygen atoms in total. The predicted molar refractivity (Wildman–Crippen MR) is 106 cm³/mol. The number of carbonyl (C=O) groups is 3. The minimum absolute atomic E-state index is 0.0400. The molecule has 0 radical (unpaired) electrons. The molecule has 1 aliphatic rings. The summed E-state index contributed by atoms with van der Waals surface area (Å²) in [5.41, 5.74) is 1.51. The highest BCUT2D eigenvalue weighted by molar-refractivity contribution is 6.10. The van der Waals surface area contributed by atoms with Crippen LogP contribution in [0.3, 0.4) is 0 Å². The van der Waals surface area contributed by atoms with Gasteiger partial charge < -0.3 is 20.7 Å². The third-order valence-corrected chi connectivity index (χ3v) is 4.73. The number of hydrogen-bond acceptors (Lipinski definition) is 4. The number of carboxylic acid groups (broad SMARTS) is 1. The van der Waals surface area contributed by atoms with Crippen molar-refractivity contribution in [2.24, 2.45) is 5.92 Å². The Morgan fingerprint density at radius 3 is 2.55 bits per heavy atom.